The van der Waals surface area contributed by atoms with Crippen LogP contribution >= 0.6 is 0 Å². The number of hydrogen-bond donors (Lipinski definition) is 2. The van der Waals surface area contributed by atoms with Gasteiger partial charge >= 0.3 is 0 Å². The van der Waals surface area contributed by atoms with E-state index in [0.717, 1.165) is 66.6 Å². The van der Waals surface area contributed by atoms with Gasteiger partial charge in [-0.25, -0.2) is 9.97 Å². The Bertz CT molecular complexity index is 2480. The Hall–Kier alpha value is -6.45. The van der Waals surface area contributed by atoms with Gasteiger partial charge in [-0.1, -0.05) is 97.1 Å². The molecule has 0 aliphatic heterocycles. The summed E-state index contributed by atoms with van der Waals surface area (Å²) in [6.45, 7) is 0. The zero-order chi connectivity index (χ0) is 31.2. The fourth-order valence-corrected chi connectivity index (χ4v) is 6.30. The first-order valence-electron chi connectivity index (χ1n) is 15.0. The molecule has 0 unspecified atom stereocenters. The first kappa shape index (κ1) is 27.1. The number of nitrogens with two attached hydrogens (primary N) is 1. The first-order chi connectivity index (χ1) is 22.6. The average molecular weight is 594 g/mol. The van der Waals surface area contributed by atoms with Crippen molar-refractivity contribution in [3.05, 3.63) is 133 Å². The van der Waals surface area contributed by atoms with Crippen LogP contribution in [0.5, 0.6) is 5.75 Å². The molecule has 0 bridgehead atoms. The molecule has 6 nitrogen and oxygen atoms in total. The largest absolute Gasteiger partial charge is 0.497 e. The second kappa shape index (κ2) is 10.9. The van der Waals surface area contributed by atoms with E-state index < -0.39 is 0 Å². The van der Waals surface area contributed by atoms with Gasteiger partial charge in [0.1, 0.15) is 17.4 Å². The Labute approximate surface area is 265 Å². The molecule has 0 saturated heterocycles. The van der Waals surface area contributed by atoms with Crippen LogP contribution in [0, 0.1) is 11.3 Å². The van der Waals surface area contributed by atoms with Gasteiger partial charge < -0.3 is 15.5 Å². The van der Waals surface area contributed by atoms with E-state index in [2.05, 4.69) is 29.3 Å². The molecule has 46 heavy (non-hydrogen) atoms. The Morgan fingerprint density at radius 2 is 1.41 bits per heavy atom. The lowest BCUT2D eigenvalue weighted by Crippen LogP contribution is -2.03. The molecule has 0 saturated carbocycles. The summed E-state index contributed by atoms with van der Waals surface area (Å²) in [5.41, 5.74) is 15.8. The number of pyridine rings is 2. The summed E-state index contributed by atoms with van der Waals surface area (Å²) in [6, 6.07) is 44.9. The van der Waals surface area contributed by atoms with Crippen molar-refractivity contribution in [1.29, 1.82) is 5.26 Å². The average Bonchev–Trinajstić information content (AvgIpc) is 3.51. The van der Waals surface area contributed by atoms with Crippen molar-refractivity contribution in [3.8, 4) is 56.7 Å². The molecule has 6 heteroatoms. The van der Waals surface area contributed by atoms with Crippen LogP contribution in [0.4, 0.5) is 5.69 Å². The zero-order valence-corrected chi connectivity index (χ0v) is 25.0. The number of nitrogens with one attached hydrogen (secondary N) is 1. The molecule has 0 aliphatic carbocycles. The summed E-state index contributed by atoms with van der Waals surface area (Å²) in [6.07, 6.45) is 0. The number of aromatic nitrogens is 3. The number of rotatable bonds is 5. The van der Waals surface area contributed by atoms with Crippen molar-refractivity contribution < 1.29 is 4.74 Å². The van der Waals surface area contributed by atoms with Crippen molar-refractivity contribution in [2.45, 2.75) is 0 Å². The Morgan fingerprint density at radius 3 is 2.17 bits per heavy atom. The maximum Gasteiger partial charge on any atom is 0.163 e. The van der Waals surface area contributed by atoms with E-state index >= 15 is 0 Å². The number of H-pyrrole nitrogens is 1. The molecule has 3 N–H and O–H groups in total. The molecule has 0 radical (unpaired) electrons. The zero-order valence-electron chi connectivity index (χ0n) is 25.0. The number of fused-ring (bicyclic) bond motifs is 3. The van der Waals surface area contributed by atoms with Gasteiger partial charge in [0.05, 0.1) is 35.3 Å². The van der Waals surface area contributed by atoms with Crippen LogP contribution in [-0.2, 0) is 0 Å². The van der Waals surface area contributed by atoms with Gasteiger partial charge in [-0.3, -0.25) is 0 Å². The van der Waals surface area contributed by atoms with Crippen molar-refractivity contribution >= 4 is 38.4 Å². The molecule has 218 valence electrons. The standard InChI is InChI=1S/C40H27N5O/c1-46-29-19-18-26-20-28(17-16-27(26)21-29)31-22-34(24-10-4-2-5-11-24)44-40-35(31)37(42)32(23-41)39(45-40)36-30-14-8-9-15-33(30)43-38(36)25-12-6-3-7-13-25/h2-22,43H,1H3,(H2,42,44,45). The number of ether oxygens (including phenoxy) is 1. The predicted octanol–water partition coefficient (Wildman–Crippen LogP) is 9.39. The second-order valence-corrected chi connectivity index (χ2v) is 11.2. The van der Waals surface area contributed by atoms with Crippen molar-refractivity contribution in [3.63, 3.8) is 0 Å². The summed E-state index contributed by atoms with van der Waals surface area (Å²) in [5, 5.41) is 14.4. The second-order valence-electron chi connectivity index (χ2n) is 11.2. The quantitative estimate of drug-likeness (QED) is 0.207. The number of hydrogen-bond acceptors (Lipinski definition) is 5. The third-order valence-electron chi connectivity index (χ3n) is 8.54. The van der Waals surface area contributed by atoms with Crippen LogP contribution in [0.1, 0.15) is 5.56 Å². The number of nitriles is 1. The van der Waals surface area contributed by atoms with E-state index in [-0.39, 0.29) is 0 Å². The minimum Gasteiger partial charge on any atom is -0.497 e. The number of nitrogen functional groups attached to an aromatic ring is 1. The fourth-order valence-electron chi connectivity index (χ4n) is 6.30. The maximum absolute atomic E-state index is 10.7. The first-order valence-corrected chi connectivity index (χ1v) is 15.0. The maximum atomic E-state index is 10.7. The highest BCUT2D eigenvalue weighted by molar-refractivity contribution is 6.10. The molecule has 8 aromatic rings. The molecule has 3 heterocycles. The van der Waals surface area contributed by atoms with Gasteiger partial charge in [-0.15, -0.1) is 0 Å². The Balaban J connectivity index is 1.46. The highest BCUT2D eigenvalue weighted by Crippen LogP contribution is 2.44. The topological polar surface area (TPSA) is 101 Å². The molecule has 0 amide bonds. The van der Waals surface area contributed by atoms with Crippen LogP contribution in [-0.4, -0.2) is 22.1 Å². The molecule has 0 aliphatic rings. The minimum absolute atomic E-state index is 0.315. The van der Waals surface area contributed by atoms with Crippen LogP contribution in [0.3, 0.4) is 0 Å². The third-order valence-corrected chi connectivity index (χ3v) is 8.54. The number of aromatic amines is 1. The number of para-hydroxylation sites is 1. The van der Waals surface area contributed by atoms with E-state index in [9.17, 15) is 5.26 Å². The molecule has 0 atom stereocenters. The molecule has 5 aromatic carbocycles. The van der Waals surface area contributed by atoms with Crippen molar-refractivity contribution in [2.75, 3.05) is 12.8 Å². The smallest absolute Gasteiger partial charge is 0.163 e. The number of nitrogens with zero attached hydrogens (tertiary/aromatic N) is 3. The summed E-state index contributed by atoms with van der Waals surface area (Å²) >= 11 is 0. The fraction of sp³-hybridized carbons (Fsp3) is 0.0250. The third kappa shape index (κ3) is 4.42. The van der Waals surface area contributed by atoms with E-state index in [0.29, 0.717) is 28.0 Å². The van der Waals surface area contributed by atoms with E-state index in [1.54, 1.807) is 7.11 Å². The molecule has 0 spiro atoms. The molecular weight excluding hydrogens is 566 g/mol. The predicted molar refractivity (Wildman–Crippen MR) is 186 cm³/mol. The van der Waals surface area contributed by atoms with Gasteiger partial charge in [0.15, 0.2) is 5.65 Å². The van der Waals surface area contributed by atoms with Crippen molar-refractivity contribution in [2.24, 2.45) is 0 Å². The summed E-state index contributed by atoms with van der Waals surface area (Å²) < 4.78 is 5.44. The summed E-state index contributed by atoms with van der Waals surface area (Å²) in [5.74, 6) is 0.799. The lowest BCUT2D eigenvalue weighted by Gasteiger charge is -2.16. The molecule has 0 fully saturated rings. The Morgan fingerprint density at radius 1 is 0.717 bits per heavy atom. The number of benzene rings is 5. The Kier molecular flexibility index (Phi) is 6.44. The van der Waals surface area contributed by atoms with Crippen molar-refractivity contribution in [1.82, 2.24) is 15.0 Å². The monoisotopic (exact) mass is 593 g/mol. The SMILES string of the molecule is COc1ccc2cc(-c3cc(-c4ccccc4)nc4nc(-c5c(-c6ccccc6)[nH]c6ccccc56)c(C#N)c(N)c34)ccc2c1. The van der Waals surface area contributed by atoms with Gasteiger partial charge in [-0.05, 0) is 57.8 Å². The van der Waals surface area contributed by atoms with E-state index in [4.69, 9.17) is 20.4 Å². The number of methoxy groups -OCH3 is 1. The minimum atomic E-state index is 0.315. The van der Waals surface area contributed by atoms with E-state index in [1.807, 2.05) is 109 Å². The van der Waals surface area contributed by atoms with Crippen LogP contribution in [0.2, 0.25) is 0 Å². The highest BCUT2D eigenvalue weighted by atomic mass is 16.5. The number of anilines is 1. The van der Waals surface area contributed by atoms with E-state index in [1.165, 1.54) is 0 Å². The lowest BCUT2D eigenvalue weighted by atomic mass is 9.93. The molecule has 3 aromatic heterocycles. The van der Waals surface area contributed by atoms with Gasteiger partial charge in [-0.2, -0.15) is 5.26 Å². The summed E-state index contributed by atoms with van der Waals surface area (Å²) in [4.78, 5) is 13.8. The molecule has 8 rings (SSSR count). The van der Waals surface area contributed by atoms with Crippen LogP contribution in [0.15, 0.2) is 127 Å². The normalized spacial score (nSPS) is 11.2. The van der Waals surface area contributed by atoms with Gasteiger partial charge in [0.25, 0.3) is 0 Å². The van der Waals surface area contributed by atoms with Crippen LogP contribution in [0.25, 0.3) is 77.6 Å². The summed E-state index contributed by atoms with van der Waals surface area (Å²) in [7, 11) is 1.67. The van der Waals surface area contributed by atoms with Gasteiger partial charge in [0, 0.05) is 22.0 Å². The van der Waals surface area contributed by atoms with Gasteiger partial charge in [0.2, 0.25) is 0 Å². The molecular formula is C40H27N5O. The highest BCUT2D eigenvalue weighted by Gasteiger charge is 2.24. The van der Waals surface area contributed by atoms with Crippen LogP contribution < -0.4 is 10.5 Å². The lowest BCUT2D eigenvalue weighted by molar-refractivity contribution is 0.415.